The molecule has 0 aliphatic carbocycles. The summed E-state index contributed by atoms with van der Waals surface area (Å²) in [6.07, 6.45) is 0.375. The van der Waals surface area contributed by atoms with Crippen molar-refractivity contribution < 1.29 is 14.3 Å². The van der Waals surface area contributed by atoms with E-state index in [9.17, 15) is 4.79 Å². The number of amides is 1. The van der Waals surface area contributed by atoms with E-state index >= 15 is 0 Å². The van der Waals surface area contributed by atoms with Crippen LogP contribution in [0, 0.1) is 0 Å². The van der Waals surface area contributed by atoms with E-state index in [4.69, 9.17) is 9.47 Å². The van der Waals surface area contributed by atoms with Gasteiger partial charge in [-0.05, 0) is 44.6 Å². The maximum Gasteiger partial charge on any atom is 0.226 e. The number of nitrogens with one attached hydrogen (secondary N) is 2. The Kier molecular flexibility index (Phi) is 8.09. The number of hydrogen-bond donors (Lipinski definition) is 2. The van der Waals surface area contributed by atoms with Crippen molar-refractivity contribution in [3.8, 4) is 11.5 Å². The van der Waals surface area contributed by atoms with E-state index in [-0.39, 0.29) is 18.0 Å². The van der Waals surface area contributed by atoms with Gasteiger partial charge in [0.05, 0.1) is 25.9 Å². The summed E-state index contributed by atoms with van der Waals surface area (Å²) in [5, 5.41) is 8.47. The molecule has 1 amide bonds. The lowest BCUT2D eigenvalue weighted by atomic mass is 10.1. The highest BCUT2D eigenvalue weighted by atomic mass is 32.1. The summed E-state index contributed by atoms with van der Waals surface area (Å²) >= 11 is 1.75. The molecule has 148 valence electrons. The van der Waals surface area contributed by atoms with Crippen molar-refractivity contribution in [1.82, 2.24) is 10.2 Å². The molecule has 0 radical (unpaired) electrons. The number of rotatable bonds is 10. The number of ether oxygens (including phenoxy) is 2. The summed E-state index contributed by atoms with van der Waals surface area (Å²) in [6.45, 7) is 2.81. The molecule has 0 saturated carbocycles. The molecule has 1 aromatic carbocycles. The largest absolute Gasteiger partial charge is 0.497 e. The van der Waals surface area contributed by atoms with Crippen LogP contribution in [-0.4, -0.2) is 51.7 Å². The molecule has 0 aliphatic heterocycles. The molecule has 0 bridgehead atoms. The molecule has 2 atom stereocenters. The van der Waals surface area contributed by atoms with E-state index < -0.39 is 0 Å². The SMILES string of the molecule is COc1ccc(NC(=O)CC(C)NCC(c2cccs2)N(C)C)c(OC)c1. The van der Waals surface area contributed by atoms with Gasteiger partial charge in [-0.15, -0.1) is 11.3 Å². The Bertz CT molecular complexity index is 719. The summed E-state index contributed by atoms with van der Waals surface area (Å²) in [4.78, 5) is 15.9. The molecule has 6 nitrogen and oxygen atoms in total. The third-order valence-electron chi connectivity index (χ3n) is 4.33. The molecule has 2 unspecified atom stereocenters. The lowest BCUT2D eigenvalue weighted by molar-refractivity contribution is -0.116. The van der Waals surface area contributed by atoms with Crippen molar-refractivity contribution in [1.29, 1.82) is 0 Å². The number of likely N-dealkylation sites (N-methyl/N-ethyl adjacent to an activating group) is 1. The standard InChI is InChI=1S/C20H29N3O3S/c1-14(21-13-17(23(2)3)19-7-6-10-27-19)11-20(24)22-16-9-8-15(25-4)12-18(16)26-5/h6-10,12,14,17,21H,11,13H2,1-5H3,(H,22,24). The maximum atomic E-state index is 12.4. The molecule has 2 N–H and O–H groups in total. The molecule has 1 heterocycles. The average molecular weight is 392 g/mol. The fourth-order valence-corrected chi connectivity index (χ4v) is 3.71. The second kappa shape index (κ2) is 10.3. The highest BCUT2D eigenvalue weighted by Gasteiger charge is 2.17. The van der Waals surface area contributed by atoms with Gasteiger partial charge in [-0.2, -0.15) is 0 Å². The molecule has 1 aromatic heterocycles. The monoisotopic (exact) mass is 391 g/mol. The average Bonchev–Trinajstić information content (AvgIpc) is 3.16. The van der Waals surface area contributed by atoms with Crippen LogP contribution in [0.2, 0.25) is 0 Å². The van der Waals surface area contributed by atoms with Crippen LogP contribution in [0.1, 0.15) is 24.3 Å². The minimum atomic E-state index is -0.0593. The maximum absolute atomic E-state index is 12.4. The van der Waals surface area contributed by atoms with Crippen LogP contribution in [-0.2, 0) is 4.79 Å². The predicted molar refractivity (Wildman–Crippen MR) is 111 cm³/mol. The molecule has 2 aromatic rings. The van der Waals surface area contributed by atoms with Crippen LogP contribution < -0.4 is 20.1 Å². The van der Waals surface area contributed by atoms with Crippen molar-refractivity contribution in [2.45, 2.75) is 25.4 Å². The Morgan fingerprint density at radius 2 is 2.00 bits per heavy atom. The van der Waals surface area contributed by atoms with Crippen molar-refractivity contribution in [2.24, 2.45) is 0 Å². The molecular weight excluding hydrogens is 362 g/mol. The third-order valence-corrected chi connectivity index (χ3v) is 5.30. The first-order valence-corrected chi connectivity index (χ1v) is 9.77. The Hall–Kier alpha value is -2.09. The van der Waals surface area contributed by atoms with Gasteiger partial charge in [0.25, 0.3) is 0 Å². The normalized spacial score (nSPS) is 13.3. The summed E-state index contributed by atoms with van der Waals surface area (Å²) in [7, 11) is 7.30. The molecule has 0 saturated heterocycles. The van der Waals surface area contributed by atoms with E-state index in [2.05, 4.69) is 47.1 Å². The fourth-order valence-electron chi connectivity index (χ4n) is 2.78. The number of carbonyl (C=O) groups excluding carboxylic acids is 1. The zero-order valence-corrected chi connectivity index (χ0v) is 17.4. The highest BCUT2D eigenvalue weighted by molar-refractivity contribution is 7.10. The smallest absolute Gasteiger partial charge is 0.226 e. The molecule has 27 heavy (non-hydrogen) atoms. The zero-order valence-electron chi connectivity index (χ0n) is 16.6. The first-order chi connectivity index (χ1) is 12.9. The lowest BCUT2D eigenvalue weighted by Crippen LogP contribution is -2.37. The second-order valence-corrected chi connectivity index (χ2v) is 7.60. The number of hydrogen-bond acceptors (Lipinski definition) is 6. The molecule has 7 heteroatoms. The summed E-state index contributed by atoms with van der Waals surface area (Å²) in [5.41, 5.74) is 0.639. The van der Waals surface area contributed by atoms with Crippen LogP contribution in [0.25, 0.3) is 0 Å². The summed E-state index contributed by atoms with van der Waals surface area (Å²) < 4.78 is 10.5. The van der Waals surface area contributed by atoms with Gasteiger partial charge < -0.3 is 25.0 Å². The Labute approximate surface area is 165 Å². The van der Waals surface area contributed by atoms with E-state index in [1.165, 1.54) is 4.88 Å². The van der Waals surface area contributed by atoms with E-state index in [1.54, 1.807) is 43.8 Å². The number of benzene rings is 1. The quantitative estimate of drug-likeness (QED) is 0.650. The van der Waals surface area contributed by atoms with Gasteiger partial charge in [-0.1, -0.05) is 6.07 Å². The summed E-state index contributed by atoms with van der Waals surface area (Å²) in [5.74, 6) is 1.20. The van der Waals surface area contributed by atoms with Crippen LogP contribution in [0.15, 0.2) is 35.7 Å². The lowest BCUT2D eigenvalue weighted by Gasteiger charge is -2.25. The van der Waals surface area contributed by atoms with Crippen LogP contribution in [0.5, 0.6) is 11.5 Å². The molecule has 0 spiro atoms. The van der Waals surface area contributed by atoms with Crippen molar-refractivity contribution in [2.75, 3.05) is 40.2 Å². The first kappa shape index (κ1) is 21.2. The van der Waals surface area contributed by atoms with Crippen molar-refractivity contribution >= 4 is 22.9 Å². The molecular formula is C20H29N3O3S. The number of carbonyl (C=O) groups is 1. The van der Waals surface area contributed by atoms with Gasteiger partial charge in [-0.25, -0.2) is 0 Å². The zero-order chi connectivity index (χ0) is 19.8. The number of methoxy groups -OCH3 is 2. The van der Waals surface area contributed by atoms with Gasteiger partial charge in [0.15, 0.2) is 0 Å². The molecule has 2 rings (SSSR count). The fraction of sp³-hybridized carbons (Fsp3) is 0.450. The van der Waals surface area contributed by atoms with E-state index in [0.717, 1.165) is 6.54 Å². The van der Waals surface area contributed by atoms with Crippen LogP contribution >= 0.6 is 11.3 Å². The Balaban J connectivity index is 1.88. The molecule has 0 fully saturated rings. The second-order valence-electron chi connectivity index (χ2n) is 6.62. The number of nitrogens with zero attached hydrogens (tertiary/aromatic N) is 1. The topological polar surface area (TPSA) is 62.8 Å². The van der Waals surface area contributed by atoms with Crippen molar-refractivity contribution in [3.63, 3.8) is 0 Å². The van der Waals surface area contributed by atoms with E-state index in [1.807, 2.05) is 6.92 Å². The van der Waals surface area contributed by atoms with Gasteiger partial charge in [-0.3, -0.25) is 4.79 Å². The third kappa shape index (κ3) is 6.23. The van der Waals surface area contributed by atoms with Crippen LogP contribution in [0.3, 0.4) is 0 Å². The van der Waals surface area contributed by atoms with Gasteiger partial charge in [0.2, 0.25) is 5.91 Å². The van der Waals surface area contributed by atoms with Crippen LogP contribution in [0.4, 0.5) is 5.69 Å². The summed E-state index contributed by atoms with van der Waals surface area (Å²) in [6, 6.07) is 9.88. The molecule has 0 aliphatic rings. The number of thiophene rings is 1. The predicted octanol–water partition coefficient (Wildman–Crippen LogP) is 3.37. The van der Waals surface area contributed by atoms with Gasteiger partial charge in [0, 0.05) is 30.0 Å². The highest BCUT2D eigenvalue weighted by Crippen LogP contribution is 2.29. The van der Waals surface area contributed by atoms with Gasteiger partial charge in [0.1, 0.15) is 11.5 Å². The minimum Gasteiger partial charge on any atom is -0.497 e. The number of anilines is 1. The van der Waals surface area contributed by atoms with Crippen molar-refractivity contribution in [3.05, 3.63) is 40.6 Å². The first-order valence-electron chi connectivity index (χ1n) is 8.89. The van der Waals surface area contributed by atoms with E-state index in [0.29, 0.717) is 23.6 Å². The Morgan fingerprint density at radius 1 is 1.22 bits per heavy atom. The Morgan fingerprint density at radius 3 is 2.59 bits per heavy atom. The van der Waals surface area contributed by atoms with Gasteiger partial charge >= 0.3 is 0 Å². The minimum absolute atomic E-state index is 0.0525.